The first-order valence-corrected chi connectivity index (χ1v) is 19.7. The number of hydrogen-bond acceptors (Lipinski definition) is 6. The van der Waals surface area contributed by atoms with Gasteiger partial charge in [-0.25, -0.2) is 0 Å². The van der Waals surface area contributed by atoms with Gasteiger partial charge in [-0.1, -0.05) is 43.3 Å². The van der Waals surface area contributed by atoms with Crippen molar-refractivity contribution >= 4 is 37.5 Å². The van der Waals surface area contributed by atoms with Crippen LogP contribution in [0.5, 0.6) is 5.75 Å². The highest BCUT2D eigenvalue weighted by molar-refractivity contribution is 6.72. The molecule has 7 rings (SSSR count). The number of benzene rings is 3. The van der Waals surface area contributed by atoms with E-state index in [1.54, 1.807) is 47.0 Å². The van der Waals surface area contributed by atoms with E-state index in [2.05, 4.69) is 0 Å². The molecule has 0 aromatic heterocycles. The lowest BCUT2D eigenvalue weighted by Crippen LogP contribution is -2.48. The first-order chi connectivity index (χ1) is 23.0. The number of nitrogens with zero attached hydrogens (tertiary/aromatic N) is 3. The Kier molecular flexibility index (Phi) is 8.20. The molecule has 252 valence electrons. The second-order valence-electron chi connectivity index (χ2n) is 14.0. The van der Waals surface area contributed by atoms with Crippen LogP contribution in [0, 0.1) is 5.92 Å². The average Bonchev–Trinajstić information content (AvgIpc) is 3.49. The Bertz CT molecular complexity index is 1760. The van der Waals surface area contributed by atoms with Crippen molar-refractivity contribution in [2.45, 2.75) is 75.7 Å². The molecule has 3 aromatic carbocycles. The predicted molar refractivity (Wildman–Crippen MR) is 182 cm³/mol. The third-order valence-corrected chi connectivity index (χ3v) is 13.3. The number of aliphatic hydroxyl groups is 1. The van der Waals surface area contributed by atoms with Gasteiger partial charge in [0.2, 0.25) is 20.2 Å². The summed E-state index contributed by atoms with van der Waals surface area (Å²) in [6.45, 7) is 6.23. The normalized spacial score (nSPS) is 26.5. The van der Waals surface area contributed by atoms with Gasteiger partial charge in [0.15, 0.2) is 5.60 Å². The van der Waals surface area contributed by atoms with Gasteiger partial charge in [-0.05, 0) is 66.5 Å². The summed E-state index contributed by atoms with van der Waals surface area (Å²) in [5.74, 6) is -0.448. The number of rotatable bonds is 8. The molecule has 0 radical (unpaired) electrons. The zero-order valence-corrected chi connectivity index (χ0v) is 28.8. The van der Waals surface area contributed by atoms with E-state index in [4.69, 9.17) is 9.47 Å². The number of hydrogen-bond donors (Lipinski definition) is 1. The Labute approximate surface area is 281 Å². The van der Waals surface area contributed by atoms with E-state index in [0.29, 0.717) is 42.9 Å². The van der Waals surface area contributed by atoms with Crippen LogP contribution in [0.2, 0.25) is 18.6 Å². The minimum atomic E-state index is -3.51. The first kappa shape index (κ1) is 32.5. The third-order valence-electron chi connectivity index (χ3n) is 10.9. The predicted octanol–water partition coefficient (Wildman–Crippen LogP) is 5.09. The lowest BCUT2D eigenvalue weighted by Gasteiger charge is -2.37. The fourth-order valence-electron chi connectivity index (χ4n) is 8.39. The summed E-state index contributed by atoms with van der Waals surface area (Å²) in [4.78, 5) is 45.9. The highest BCUT2D eigenvalue weighted by Gasteiger charge is 2.67. The molecule has 4 aliphatic heterocycles. The number of amides is 3. The largest absolute Gasteiger partial charge is 0.497 e. The van der Waals surface area contributed by atoms with Crippen molar-refractivity contribution in [2.75, 3.05) is 30.1 Å². The molecule has 9 nitrogen and oxygen atoms in total. The van der Waals surface area contributed by atoms with Crippen molar-refractivity contribution in [3.63, 3.8) is 0 Å². The summed E-state index contributed by atoms with van der Waals surface area (Å²) in [6.07, 6.45) is 0.142. The number of carbonyl (C=O) groups excluding carboxylic acids is 3. The Balaban J connectivity index is 1.21. The molecule has 0 bridgehead atoms. The number of anilines is 2. The van der Waals surface area contributed by atoms with Crippen molar-refractivity contribution in [3.05, 3.63) is 89.0 Å². The lowest BCUT2D eigenvalue weighted by atomic mass is 9.82. The molecule has 2 fully saturated rings. The van der Waals surface area contributed by atoms with Gasteiger partial charge in [0.1, 0.15) is 5.75 Å². The van der Waals surface area contributed by atoms with Crippen LogP contribution in [0.3, 0.4) is 0 Å². The number of carbonyl (C=O) groups is 3. The summed E-state index contributed by atoms with van der Waals surface area (Å²) < 4.78 is 28.9. The van der Waals surface area contributed by atoms with Gasteiger partial charge in [-0.15, -0.1) is 0 Å². The quantitative estimate of drug-likeness (QED) is 0.204. The SMILES string of the molecule is COc1ccc2c(c1)[C@@]1(O[C@H](CC(=O)N3Cc4ccccc4C[C@H]3CO)[C@@H]([Si](C)(C)F)[C@@H]1C)C(=O)N2Cc1ccc(N2CCC2=O)cc1. The highest BCUT2D eigenvalue weighted by atomic mass is 28.4. The number of methoxy groups -OCH3 is 1. The van der Waals surface area contributed by atoms with Crippen molar-refractivity contribution < 1.29 is 33.1 Å². The van der Waals surface area contributed by atoms with Crippen molar-refractivity contribution in [1.82, 2.24) is 4.90 Å². The van der Waals surface area contributed by atoms with Crippen LogP contribution in [-0.2, 0) is 44.2 Å². The van der Waals surface area contributed by atoms with E-state index >= 15 is 4.11 Å². The molecular formula is C37H42FN3O6Si. The molecular weight excluding hydrogens is 630 g/mol. The smallest absolute Gasteiger partial charge is 0.264 e. The van der Waals surface area contributed by atoms with Crippen molar-refractivity contribution in [3.8, 4) is 5.75 Å². The molecule has 3 aromatic rings. The van der Waals surface area contributed by atoms with E-state index in [0.717, 1.165) is 22.4 Å². The summed E-state index contributed by atoms with van der Waals surface area (Å²) in [5.41, 5.74) is 2.93. The first-order valence-electron chi connectivity index (χ1n) is 16.7. The molecule has 0 aliphatic carbocycles. The van der Waals surface area contributed by atoms with E-state index < -0.39 is 37.6 Å². The maximum absolute atomic E-state index is 16.4. The molecule has 11 heteroatoms. The topological polar surface area (TPSA) is 99.6 Å². The maximum Gasteiger partial charge on any atom is 0.264 e. The zero-order valence-electron chi connectivity index (χ0n) is 27.8. The van der Waals surface area contributed by atoms with Crippen LogP contribution in [0.15, 0.2) is 66.7 Å². The van der Waals surface area contributed by atoms with E-state index in [1.165, 1.54) is 0 Å². The van der Waals surface area contributed by atoms with Gasteiger partial charge in [0, 0.05) is 42.2 Å². The monoisotopic (exact) mass is 671 g/mol. The van der Waals surface area contributed by atoms with Crippen LogP contribution in [0.4, 0.5) is 15.5 Å². The van der Waals surface area contributed by atoms with Gasteiger partial charge in [0.05, 0.1) is 44.5 Å². The summed E-state index contributed by atoms with van der Waals surface area (Å²) in [5, 5.41) is 10.2. The van der Waals surface area contributed by atoms with Crippen LogP contribution < -0.4 is 14.5 Å². The molecule has 4 heterocycles. The van der Waals surface area contributed by atoms with E-state index in [1.807, 2.05) is 61.5 Å². The Morgan fingerprint density at radius 3 is 2.44 bits per heavy atom. The zero-order chi connectivity index (χ0) is 34.0. The number of ether oxygens (including phenoxy) is 2. The van der Waals surface area contributed by atoms with E-state index in [9.17, 15) is 19.5 Å². The summed E-state index contributed by atoms with van der Waals surface area (Å²) >= 11 is 0. The Morgan fingerprint density at radius 2 is 1.81 bits per heavy atom. The fraction of sp³-hybridized carbons (Fsp3) is 0.432. The van der Waals surface area contributed by atoms with Crippen LogP contribution in [0.1, 0.15) is 42.0 Å². The number of aliphatic hydroxyl groups excluding tert-OH is 1. The standard InChI is InChI=1S/C37H42FN3O6Si/c1-23-35(48(3,4)38)32(19-34(44)40-21-26-8-6-5-7-25(26)17-28(40)22-42)47-37(23)30-18-29(46-2)13-14-31(30)41(36(37)45)20-24-9-11-27(12-10-24)39-16-15-33(39)43/h5-14,18,23,28,32,35,42H,15-17,19-22H2,1-4H3/t23-,28-,32+,35-,37+/m0/s1. The molecule has 2 saturated heterocycles. The fourth-order valence-corrected chi connectivity index (χ4v) is 10.9. The number of halogens is 1. The minimum Gasteiger partial charge on any atom is -0.497 e. The van der Waals surface area contributed by atoms with Crippen molar-refractivity contribution in [1.29, 1.82) is 0 Å². The van der Waals surface area contributed by atoms with Gasteiger partial charge in [-0.2, -0.15) is 0 Å². The van der Waals surface area contributed by atoms with Gasteiger partial charge in [-0.3, -0.25) is 14.4 Å². The van der Waals surface area contributed by atoms with Gasteiger partial charge in [0.25, 0.3) is 5.91 Å². The maximum atomic E-state index is 16.4. The van der Waals surface area contributed by atoms with Crippen LogP contribution in [0.25, 0.3) is 0 Å². The van der Waals surface area contributed by atoms with E-state index in [-0.39, 0.29) is 37.3 Å². The highest BCUT2D eigenvalue weighted by Crippen LogP contribution is 2.60. The Morgan fingerprint density at radius 1 is 1.08 bits per heavy atom. The number of β-lactam (4-membered cyclic amide) rings is 1. The molecule has 0 saturated carbocycles. The van der Waals surface area contributed by atoms with Gasteiger partial charge < -0.3 is 33.4 Å². The second-order valence-corrected chi connectivity index (χ2v) is 17.8. The summed E-state index contributed by atoms with van der Waals surface area (Å²) in [6, 6.07) is 20.5. The second kappa shape index (κ2) is 12.1. The molecule has 5 atom stereocenters. The third kappa shape index (κ3) is 5.23. The van der Waals surface area contributed by atoms with Crippen molar-refractivity contribution in [2.24, 2.45) is 5.92 Å². The van der Waals surface area contributed by atoms with Crippen LogP contribution in [-0.4, -0.2) is 68.5 Å². The minimum absolute atomic E-state index is 0.0913. The van der Waals surface area contributed by atoms with Gasteiger partial charge >= 0.3 is 0 Å². The molecule has 0 unspecified atom stereocenters. The lowest BCUT2D eigenvalue weighted by molar-refractivity contribution is -0.151. The summed E-state index contributed by atoms with van der Waals surface area (Å²) in [7, 11) is -1.95. The Hall–Kier alpha value is -4.06. The number of fused-ring (bicyclic) bond motifs is 3. The average molecular weight is 672 g/mol. The molecule has 1 spiro atoms. The molecule has 4 aliphatic rings. The molecule has 48 heavy (non-hydrogen) atoms. The molecule has 3 amide bonds. The molecule has 1 N–H and O–H groups in total. The van der Waals surface area contributed by atoms with Crippen LogP contribution >= 0.6 is 0 Å².